The van der Waals surface area contributed by atoms with Crippen molar-refractivity contribution in [2.24, 2.45) is 5.73 Å². The van der Waals surface area contributed by atoms with Crippen molar-refractivity contribution in [1.29, 1.82) is 0 Å². The first kappa shape index (κ1) is 15.8. The third kappa shape index (κ3) is 3.60. The highest BCUT2D eigenvalue weighted by Gasteiger charge is 2.23. The monoisotopic (exact) mass is 352 g/mol. The summed E-state index contributed by atoms with van der Waals surface area (Å²) in [4.78, 5) is 14.0. The average molecular weight is 354 g/mol. The minimum atomic E-state index is -0.0300. The zero-order valence-corrected chi connectivity index (χ0v) is 12.9. The molecule has 0 spiro atoms. The summed E-state index contributed by atoms with van der Waals surface area (Å²) in [6.07, 6.45) is 1.94. The molecule has 3 nitrogen and oxygen atoms in total. The molecule has 1 heterocycles. The van der Waals surface area contributed by atoms with Crippen molar-refractivity contribution in [3.05, 3.63) is 33.3 Å². The molecule has 1 aromatic rings. The lowest BCUT2D eigenvalue weighted by atomic mass is 10.1. The van der Waals surface area contributed by atoms with Crippen LogP contribution < -0.4 is 5.73 Å². The van der Waals surface area contributed by atoms with E-state index in [9.17, 15) is 4.79 Å². The number of piperidine rings is 1. The summed E-state index contributed by atoms with van der Waals surface area (Å²) in [6, 6.07) is 5.39. The Labute approximate surface area is 126 Å². The largest absolute Gasteiger partial charge is 0.337 e. The van der Waals surface area contributed by atoms with E-state index in [1.165, 1.54) is 0 Å². The molecule has 1 aliphatic rings. The van der Waals surface area contributed by atoms with Crippen molar-refractivity contribution in [2.75, 3.05) is 13.1 Å². The van der Waals surface area contributed by atoms with E-state index < -0.39 is 0 Å². The van der Waals surface area contributed by atoms with Gasteiger partial charge in [0.15, 0.2) is 0 Å². The summed E-state index contributed by atoms with van der Waals surface area (Å²) >= 11 is 9.39. The van der Waals surface area contributed by atoms with Crippen molar-refractivity contribution < 1.29 is 4.79 Å². The lowest BCUT2D eigenvalue weighted by Gasteiger charge is -2.31. The van der Waals surface area contributed by atoms with Crippen LogP contribution in [0.15, 0.2) is 22.7 Å². The number of nitrogens with zero attached hydrogens (tertiary/aromatic N) is 1. The van der Waals surface area contributed by atoms with Crippen molar-refractivity contribution in [1.82, 2.24) is 4.90 Å². The van der Waals surface area contributed by atoms with Gasteiger partial charge in [0.05, 0.1) is 10.6 Å². The lowest BCUT2D eigenvalue weighted by molar-refractivity contribution is 0.0709. The van der Waals surface area contributed by atoms with Gasteiger partial charge in [0.2, 0.25) is 0 Å². The predicted molar refractivity (Wildman–Crippen MR) is 79.5 cm³/mol. The van der Waals surface area contributed by atoms with Gasteiger partial charge in [-0.15, -0.1) is 12.4 Å². The van der Waals surface area contributed by atoms with Crippen molar-refractivity contribution in [3.63, 3.8) is 0 Å². The number of rotatable bonds is 1. The molecule has 0 saturated carbocycles. The summed E-state index contributed by atoms with van der Waals surface area (Å²) in [6.45, 7) is 1.38. The maximum absolute atomic E-state index is 12.2. The van der Waals surface area contributed by atoms with Crippen LogP contribution in [0.5, 0.6) is 0 Å². The Bertz CT molecular complexity index is 442. The van der Waals surface area contributed by atoms with Gasteiger partial charge in [0.25, 0.3) is 5.91 Å². The molecule has 1 saturated heterocycles. The Morgan fingerprint density at radius 1 is 1.50 bits per heavy atom. The molecule has 1 amide bonds. The van der Waals surface area contributed by atoms with Crippen LogP contribution in [0, 0.1) is 0 Å². The molecule has 1 aliphatic heterocycles. The summed E-state index contributed by atoms with van der Waals surface area (Å²) < 4.78 is 0.870. The highest BCUT2D eigenvalue weighted by molar-refractivity contribution is 9.10. The SMILES string of the molecule is Cl.NC1CCCN(C(=O)c2ccc(Br)cc2Cl)C1. The van der Waals surface area contributed by atoms with Crippen LogP contribution in [0.2, 0.25) is 5.02 Å². The first-order valence-corrected chi connectivity index (χ1v) is 6.75. The fourth-order valence-electron chi connectivity index (χ4n) is 2.03. The van der Waals surface area contributed by atoms with E-state index in [-0.39, 0.29) is 24.4 Å². The Morgan fingerprint density at radius 3 is 2.83 bits per heavy atom. The number of halogens is 3. The van der Waals surface area contributed by atoms with E-state index in [1.54, 1.807) is 17.0 Å². The maximum Gasteiger partial charge on any atom is 0.255 e. The van der Waals surface area contributed by atoms with Gasteiger partial charge in [-0.05, 0) is 31.0 Å². The molecule has 1 unspecified atom stereocenters. The number of nitrogens with two attached hydrogens (primary N) is 1. The summed E-state index contributed by atoms with van der Waals surface area (Å²) in [5.41, 5.74) is 6.41. The minimum absolute atomic E-state index is 0. The van der Waals surface area contributed by atoms with Crippen LogP contribution in [-0.2, 0) is 0 Å². The molecular formula is C12H15BrCl2N2O. The third-order valence-electron chi connectivity index (χ3n) is 2.91. The standard InChI is InChI=1S/C12H14BrClN2O.ClH/c13-8-3-4-10(11(14)6-8)12(17)16-5-1-2-9(15)7-16;/h3-4,6,9H,1-2,5,7,15H2;1H. The van der Waals surface area contributed by atoms with Crippen LogP contribution in [-0.4, -0.2) is 29.9 Å². The number of hydrogen-bond acceptors (Lipinski definition) is 2. The van der Waals surface area contributed by atoms with Gasteiger partial charge in [-0.2, -0.15) is 0 Å². The molecular weight excluding hydrogens is 339 g/mol. The van der Waals surface area contributed by atoms with Crippen LogP contribution in [0.4, 0.5) is 0 Å². The molecule has 100 valence electrons. The van der Waals surface area contributed by atoms with Gasteiger partial charge in [-0.25, -0.2) is 0 Å². The van der Waals surface area contributed by atoms with Gasteiger partial charge in [0.1, 0.15) is 0 Å². The van der Waals surface area contributed by atoms with E-state index in [1.807, 2.05) is 6.07 Å². The Hall–Kier alpha value is -0.290. The zero-order valence-electron chi connectivity index (χ0n) is 9.73. The lowest BCUT2D eigenvalue weighted by Crippen LogP contribution is -2.45. The number of carbonyl (C=O) groups excluding carboxylic acids is 1. The van der Waals surface area contributed by atoms with Crippen LogP contribution in [0.25, 0.3) is 0 Å². The van der Waals surface area contributed by atoms with E-state index >= 15 is 0 Å². The smallest absolute Gasteiger partial charge is 0.255 e. The molecule has 1 aromatic carbocycles. The van der Waals surface area contributed by atoms with Gasteiger partial charge < -0.3 is 10.6 Å². The van der Waals surface area contributed by atoms with Gasteiger partial charge >= 0.3 is 0 Å². The number of benzene rings is 1. The number of amides is 1. The second kappa shape index (κ2) is 6.75. The van der Waals surface area contributed by atoms with Crippen molar-refractivity contribution >= 4 is 45.8 Å². The van der Waals surface area contributed by atoms with Gasteiger partial charge in [-0.3, -0.25) is 4.79 Å². The fraction of sp³-hybridized carbons (Fsp3) is 0.417. The summed E-state index contributed by atoms with van der Waals surface area (Å²) in [5, 5.41) is 0.475. The van der Waals surface area contributed by atoms with Gasteiger partial charge in [0, 0.05) is 23.6 Å². The minimum Gasteiger partial charge on any atom is -0.337 e. The molecule has 2 N–H and O–H groups in total. The first-order chi connectivity index (χ1) is 8.08. The normalized spacial score (nSPS) is 19.3. The molecule has 0 aliphatic carbocycles. The predicted octanol–water partition coefficient (Wildman–Crippen LogP) is 3.09. The van der Waals surface area contributed by atoms with E-state index in [2.05, 4.69) is 15.9 Å². The summed E-state index contributed by atoms with van der Waals surface area (Å²) in [5.74, 6) is -0.0300. The molecule has 0 bridgehead atoms. The van der Waals surface area contributed by atoms with Gasteiger partial charge in [-0.1, -0.05) is 27.5 Å². The van der Waals surface area contributed by atoms with E-state index in [4.69, 9.17) is 17.3 Å². The highest BCUT2D eigenvalue weighted by atomic mass is 79.9. The third-order valence-corrected chi connectivity index (χ3v) is 3.71. The second-order valence-electron chi connectivity index (χ2n) is 4.28. The molecule has 1 fully saturated rings. The molecule has 18 heavy (non-hydrogen) atoms. The Kier molecular flexibility index (Phi) is 5.92. The number of carbonyl (C=O) groups is 1. The van der Waals surface area contributed by atoms with Crippen LogP contribution in [0.1, 0.15) is 23.2 Å². The van der Waals surface area contributed by atoms with Crippen LogP contribution >= 0.6 is 39.9 Å². The highest BCUT2D eigenvalue weighted by Crippen LogP contribution is 2.23. The van der Waals surface area contributed by atoms with Crippen molar-refractivity contribution in [3.8, 4) is 0 Å². The molecule has 0 aromatic heterocycles. The van der Waals surface area contributed by atoms with Crippen LogP contribution in [0.3, 0.4) is 0 Å². The Balaban J connectivity index is 0.00000162. The summed E-state index contributed by atoms with van der Waals surface area (Å²) in [7, 11) is 0. The average Bonchev–Trinajstić information content (AvgIpc) is 2.28. The number of hydrogen-bond donors (Lipinski definition) is 1. The van der Waals surface area contributed by atoms with E-state index in [0.717, 1.165) is 23.9 Å². The van der Waals surface area contributed by atoms with Crippen molar-refractivity contribution in [2.45, 2.75) is 18.9 Å². The zero-order chi connectivity index (χ0) is 12.4. The quantitative estimate of drug-likeness (QED) is 0.843. The second-order valence-corrected chi connectivity index (χ2v) is 5.60. The molecule has 2 rings (SSSR count). The Morgan fingerprint density at radius 2 is 2.22 bits per heavy atom. The molecule has 0 radical (unpaired) electrons. The maximum atomic E-state index is 12.2. The topological polar surface area (TPSA) is 46.3 Å². The fourth-order valence-corrected chi connectivity index (χ4v) is 2.78. The molecule has 1 atom stereocenters. The molecule has 6 heteroatoms. The van der Waals surface area contributed by atoms with E-state index in [0.29, 0.717) is 17.1 Å². The first-order valence-electron chi connectivity index (χ1n) is 5.58. The number of likely N-dealkylation sites (tertiary alicyclic amines) is 1.